The minimum atomic E-state index is -0.257. The van der Waals surface area contributed by atoms with Gasteiger partial charge in [-0.15, -0.1) is 11.8 Å². The van der Waals surface area contributed by atoms with Crippen molar-refractivity contribution in [3.8, 4) is 5.75 Å². The quantitative estimate of drug-likeness (QED) is 0.833. The summed E-state index contributed by atoms with van der Waals surface area (Å²) in [5, 5.41) is 2.80. The molecule has 1 amide bonds. The summed E-state index contributed by atoms with van der Waals surface area (Å²) in [4.78, 5) is 26.9. The fourth-order valence-electron chi connectivity index (χ4n) is 1.78. The number of rotatable bonds is 5. The lowest BCUT2D eigenvalue weighted by Gasteiger charge is -2.09. The Morgan fingerprint density at radius 1 is 1.33 bits per heavy atom. The Balaban J connectivity index is 2.21. The van der Waals surface area contributed by atoms with Gasteiger partial charge in [-0.05, 0) is 30.0 Å². The van der Waals surface area contributed by atoms with Gasteiger partial charge in [0.25, 0.3) is 5.91 Å². The van der Waals surface area contributed by atoms with Gasteiger partial charge in [-0.1, -0.05) is 6.92 Å². The van der Waals surface area contributed by atoms with Crippen molar-refractivity contribution in [2.45, 2.75) is 11.8 Å². The largest absolute Gasteiger partial charge is 0.497 e. The highest BCUT2D eigenvalue weighted by Crippen LogP contribution is 2.22. The summed E-state index contributed by atoms with van der Waals surface area (Å²) in [5.74, 6) is 1.25. The lowest BCUT2D eigenvalue weighted by Crippen LogP contribution is -2.16. The van der Waals surface area contributed by atoms with Crippen molar-refractivity contribution >= 4 is 23.4 Å². The maximum atomic E-state index is 12.3. The molecule has 0 atom stereocenters. The molecule has 0 fully saturated rings. The van der Waals surface area contributed by atoms with Crippen LogP contribution in [0.2, 0.25) is 0 Å². The fourth-order valence-corrected chi connectivity index (χ4v) is 2.59. The maximum absolute atomic E-state index is 12.3. The summed E-state index contributed by atoms with van der Waals surface area (Å²) in [6, 6.07) is 8.50. The predicted molar refractivity (Wildman–Crippen MR) is 84.4 cm³/mol. The van der Waals surface area contributed by atoms with Gasteiger partial charge >= 0.3 is 0 Å². The van der Waals surface area contributed by atoms with E-state index in [0.717, 1.165) is 11.5 Å². The van der Waals surface area contributed by atoms with E-state index in [0.29, 0.717) is 16.1 Å². The van der Waals surface area contributed by atoms with Crippen molar-refractivity contribution in [3.63, 3.8) is 0 Å². The second-order valence-electron chi connectivity index (χ2n) is 4.19. The van der Waals surface area contributed by atoms with Gasteiger partial charge in [0.2, 0.25) is 5.56 Å². The molecule has 1 heterocycles. The number of aromatic nitrogens is 1. The molecule has 0 aliphatic carbocycles. The number of thioether (sulfide) groups is 1. The SMILES string of the molecule is CCSc1cc(=O)[nH]cc1C(=O)Nc1ccc(OC)cc1. The Morgan fingerprint density at radius 2 is 2.05 bits per heavy atom. The molecule has 21 heavy (non-hydrogen) atoms. The number of amides is 1. The number of ether oxygens (including phenoxy) is 1. The molecule has 0 spiro atoms. The van der Waals surface area contributed by atoms with Crippen LogP contribution in [0.4, 0.5) is 5.69 Å². The number of methoxy groups -OCH3 is 1. The molecule has 5 nitrogen and oxygen atoms in total. The van der Waals surface area contributed by atoms with Crippen LogP contribution in [0, 0.1) is 0 Å². The van der Waals surface area contributed by atoms with Crippen molar-refractivity contribution in [2.75, 3.05) is 18.2 Å². The number of carbonyl (C=O) groups is 1. The number of aromatic amines is 1. The van der Waals surface area contributed by atoms with Crippen LogP contribution < -0.4 is 15.6 Å². The van der Waals surface area contributed by atoms with Gasteiger partial charge in [-0.25, -0.2) is 0 Å². The summed E-state index contributed by atoms with van der Waals surface area (Å²) in [6.45, 7) is 1.97. The van der Waals surface area contributed by atoms with Gasteiger partial charge < -0.3 is 15.0 Å². The first-order chi connectivity index (χ1) is 10.1. The smallest absolute Gasteiger partial charge is 0.258 e. The average Bonchev–Trinajstić information content (AvgIpc) is 2.48. The van der Waals surface area contributed by atoms with E-state index >= 15 is 0 Å². The molecular weight excluding hydrogens is 288 g/mol. The second kappa shape index (κ2) is 6.99. The number of H-pyrrole nitrogens is 1. The van der Waals surface area contributed by atoms with Crippen LogP contribution in [-0.4, -0.2) is 23.8 Å². The third-order valence-corrected chi connectivity index (χ3v) is 3.72. The second-order valence-corrected chi connectivity index (χ2v) is 5.50. The summed E-state index contributed by atoms with van der Waals surface area (Å²) in [7, 11) is 1.59. The number of hydrogen-bond donors (Lipinski definition) is 2. The summed E-state index contributed by atoms with van der Waals surface area (Å²) >= 11 is 1.46. The van der Waals surface area contributed by atoms with E-state index in [1.807, 2.05) is 6.92 Å². The van der Waals surface area contributed by atoms with Crippen LogP contribution in [0.3, 0.4) is 0 Å². The molecule has 0 saturated heterocycles. The van der Waals surface area contributed by atoms with Crippen LogP contribution in [-0.2, 0) is 0 Å². The summed E-state index contributed by atoms with van der Waals surface area (Å²) in [6.07, 6.45) is 1.44. The van der Waals surface area contributed by atoms with E-state index in [1.165, 1.54) is 24.0 Å². The highest BCUT2D eigenvalue weighted by Gasteiger charge is 2.12. The summed E-state index contributed by atoms with van der Waals surface area (Å²) in [5.41, 5.74) is 0.906. The first-order valence-electron chi connectivity index (χ1n) is 6.45. The zero-order chi connectivity index (χ0) is 15.2. The van der Waals surface area contributed by atoms with Crippen LogP contribution >= 0.6 is 11.8 Å². The minimum Gasteiger partial charge on any atom is -0.497 e. The molecule has 0 aliphatic rings. The van der Waals surface area contributed by atoms with Crippen molar-refractivity contribution in [3.05, 3.63) is 52.4 Å². The summed E-state index contributed by atoms with van der Waals surface area (Å²) < 4.78 is 5.07. The molecule has 2 rings (SSSR count). The first-order valence-corrected chi connectivity index (χ1v) is 7.43. The van der Waals surface area contributed by atoms with E-state index in [4.69, 9.17) is 4.74 Å². The number of nitrogens with one attached hydrogen (secondary N) is 2. The normalized spacial score (nSPS) is 10.2. The molecule has 0 saturated carbocycles. The van der Waals surface area contributed by atoms with Crippen molar-refractivity contribution < 1.29 is 9.53 Å². The average molecular weight is 304 g/mol. The number of pyridine rings is 1. The minimum absolute atomic E-state index is 0.216. The van der Waals surface area contributed by atoms with Gasteiger partial charge in [-0.2, -0.15) is 0 Å². The topological polar surface area (TPSA) is 71.2 Å². The molecule has 0 bridgehead atoms. The molecular formula is C15H16N2O3S. The van der Waals surface area contributed by atoms with E-state index in [9.17, 15) is 9.59 Å². The van der Waals surface area contributed by atoms with E-state index in [-0.39, 0.29) is 11.5 Å². The number of carbonyl (C=O) groups excluding carboxylic acids is 1. The fraction of sp³-hybridized carbons (Fsp3) is 0.200. The van der Waals surface area contributed by atoms with Crippen LogP contribution in [0.5, 0.6) is 5.75 Å². The Kier molecular flexibility index (Phi) is 5.05. The van der Waals surface area contributed by atoms with Crippen LogP contribution in [0.25, 0.3) is 0 Å². The molecule has 2 N–H and O–H groups in total. The molecule has 6 heteroatoms. The third kappa shape index (κ3) is 3.88. The van der Waals surface area contributed by atoms with E-state index in [2.05, 4.69) is 10.3 Å². The molecule has 0 radical (unpaired) electrons. The van der Waals surface area contributed by atoms with Crippen molar-refractivity contribution in [1.82, 2.24) is 4.98 Å². The van der Waals surface area contributed by atoms with Gasteiger partial charge in [0.05, 0.1) is 12.7 Å². The lowest BCUT2D eigenvalue weighted by atomic mass is 10.2. The van der Waals surface area contributed by atoms with Gasteiger partial charge in [0.15, 0.2) is 0 Å². The third-order valence-electron chi connectivity index (χ3n) is 2.78. The first kappa shape index (κ1) is 15.2. The number of hydrogen-bond acceptors (Lipinski definition) is 4. The van der Waals surface area contributed by atoms with Crippen LogP contribution in [0.15, 0.2) is 46.2 Å². The molecule has 110 valence electrons. The maximum Gasteiger partial charge on any atom is 0.258 e. The molecule has 0 unspecified atom stereocenters. The zero-order valence-corrected chi connectivity index (χ0v) is 12.6. The predicted octanol–water partition coefficient (Wildman–Crippen LogP) is 2.75. The Bertz CT molecular complexity index is 680. The van der Waals surface area contributed by atoms with E-state index < -0.39 is 0 Å². The highest BCUT2D eigenvalue weighted by molar-refractivity contribution is 7.99. The Morgan fingerprint density at radius 3 is 2.67 bits per heavy atom. The monoisotopic (exact) mass is 304 g/mol. The Labute approximate surface area is 126 Å². The number of anilines is 1. The van der Waals surface area contributed by atoms with Gasteiger partial charge in [0, 0.05) is 22.8 Å². The Hall–Kier alpha value is -2.21. The van der Waals surface area contributed by atoms with Gasteiger partial charge in [-0.3, -0.25) is 9.59 Å². The molecule has 0 aliphatic heterocycles. The molecule has 2 aromatic rings. The standard InChI is InChI=1S/C15H16N2O3S/c1-3-21-13-8-14(18)16-9-12(13)15(19)17-10-4-6-11(20-2)7-5-10/h4-9H,3H2,1-2H3,(H,16,18)(H,17,19). The van der Waals surface area contributed by atoms with Crippen molar-refractivity contribution in [2.24, 2.45) is 0 Å². The molecule has 1 aromatic carbocycles. The van der Waals surface area contributed by atoms with Crippen molar-refractivity contribution in [1.29, 1.82) is 0 Å². The zero-order valence-electron chi connectivity index (χ0n) is 11.8. The van der Waals surface area contributed by atoms with E-state index in [1.54, 1.807) is 31.4 Å². The lowest BCUT2D eigenvalue weighted by molar-refractivity contribution is 0.102. The van der Waals surface area contributed by atoms with Crippen LogP contribution in [0.1, 0.15) is 17.3 Å². The highest BCUT2D eigenvalue weighted by atomic mass is 32.2. The van der Waals surface area contributed by atoms with Gasteiger partial charge in [0.1, 0.15) is 5.75 Å². The molecule has 1 aromatic heterocycles. The number of benzene rings is 1.